The van der Waals surface area contributed by atoms with Gasteiger partial charge in [-0.25, -0.2) is 0 Å². The Labute approximate surface area is 166 Å². The van der Waals surface area contributed by atoms with Gasteiger partial charge in [0.05, 0.1) is 0 Å². The minimum Gasteiger partial charge on any atom is -0.356 e. The van der Waals surface area contributed by atoms with Crippen molar-refractivity contribution in [1.82, 2.24) is 15.1 Å². The Morgan fingerprint density at radius 2 is 1.92 bits per heavy atom. The average molecular weight is 450 g/mol. The fourth-order valence-corrected chi connectivity index (χ4v) is 3.73. The zero-order valence-corrected chi connectivity index (χ0v) is 19.2. The van der Waals surface area contributed by atoms with Crippen molar-refractivity contribution in [3.8, 4) is 0 Å². The fourth-order valence-electron chi connectivity index (χ4n) is 3.73. The summed E-state index contributed by atoms with van der Waals surface area (Å²) in [6, 6.07) is 0.658. The first-order valence-corrected chi connectivity index (χ1v) is 9.49. The van der Waals surface area contributed by atoms with Crippen LogP contribution in [0.15, 0.2) is 4.99 Å². The molecule has 0 amide bonds. The summed E-state index contributed by atoms with van der Waals surface area (Å²) in [6.07, 6.45) is 2.64. The van der Waals surface area contributed by atoms with Gasteiger partial charge in [0, 0.05) is 43.2 Å². The van der Waals surface area contributed by atoms with E-state index in [4.69, 9.17) is 4.99 Å². The molecule has 1 unspecified atom stereocenters. The number of aliphatic imine (C=N–C) groups is 1. The summed E-state index contributed by atoms with van der Waals surface area (Å²) in [7, 11) is 0. The van der Waals surface area contributed by atoms with Crippen LogP contribution >= 0.6 is 24.0 Å². The van der Waals surface area contributed by atoms with Gasteiger partial charge in [-0.15, -0.1) is 24.0 Å². The van der Waals surface area contributed by atoms with Crippen molar-refractivity contribution >= 4 is 29.9 Å². The largest absolute Gasteiger partial charge is 0.356 e. The van der Waals surface area contributed by atoms with Crippen LogP contribution < -0.4 is 5.32 Å². The topological polar surface area (TPSA) is 30.9 Å². The molecule has 0 aromatic heterocycles. The number of hydrogen-bond acceptors (Lipinski definition) is 2. The number of nitrogens with one attached hydrogen (secondary N) is 1. The van der Waals surface area contributed by atoms with E-state index in [2.05, 4.69) is 63.6 Å². The third-order valence-corrected chi connectivity index (χ3v) is 6.25. The van der Waals surface area contributed by atoms with Gasteiger partial charge < -0.3 is 15.1 Å². The molecule has 24 heavy (non-hydrogen) atoms. The summed E-state index contributed by atoms with van der Waals surface area (Å²) in [5.41, 5.74) is 0.521. The molecule has 2 aliphatic heterocycles. The zero-order valence-electron chi connectivity index (χ0n) is 16.9. The maximum Gasteiger partial charge on any atom is 0.194 e. The first-order chi connectivity index (χ1) is 10.7. The first-order valence-electron chi connectivity index (χ1n) is 9.49. The van der Waals surface area contributed by atoms with Crippen molar-refractivity contribution in [1.29, 1.82) is 0 Å². The molecule has 0 radical (unpaired) electrons. The molecule has 0 aromatic rings. The molecule has 0 spiro atoms. The van der Waals surface area contributed by atoms with E-state index in [9.17, 15) is 0 Å². The summed E-state index contributed by atoms with van der Waals surface area (Å²) in [4.78, 5) is 10.1. The van der Waals surface area contributed by atoms with E-state index in [0.717, 1.165) is 25.6 Å². The van der Waals surface area contributed by atoms with Crippen molar-refractivity contribution in [3.05, 3.63) is 0 Å². The molecule has 0 aromatic carbocycles. The lowest BCUT2D eigenvalue weighted by Gasteiger charge is -2.62. The molecular weight excluding hydrogens is 411 g/mol. The van der Waals surface area contributed by atoms with Gasteiger partial charge in [-0.05, 0) is 59.9 Å². The summed E-state index contributed by atoms with van der Waals surface area (Å²) >= 11 is 0. The molecule has 0 aliphatic carbocycles. The van der Waals surface area contributed by atoms with Gasteiger partial charge in [0.2, 0.25) is 0 Å². The highest BCUT2D eigenvalue weighted by Gasteiger charge is 2.53. The number of nitrogens with zero attached hydrogens (tertiary/aromatic N) is 3. The molecule has 2 fully saturated rings. The third kappa shape index (κ3) is 4.57. The van der Waals surface area contributed by atoms with E-state index in [0.29, 0.717) is 17.4 Å². The molecule has 5 heteroatoms. The van der Waals surface area contributed by atoms with Gasteiger partial charge in [0.1, 0.15) is 0 Å². The van der Waals surface area contributed by atoms with Crippen LogP contribution in [0.4, 0.5) is 0 Å². The summed E-state index contributed by atoms with van der Waals surface area (Å²) in [6.45, 7) is 21.6. The Hall–Kier alpha value is -0.0400. The molecule has 1 atom stereocenters. The van der Waals surface area contributed by atoms with E-state index >= 15 is 0 Å². The molecular formula is C19H39IN4. The number of piperidine rings is 1. The standard InChI is InChI=1S/C19H38N4.HI/c1-8-20-17(23-14-18(4,5)19(23,6)7)21-12-16-10-9-11-22(13-16)15(2)3;/h15-16H,8-14H2,1-7H3,(H,20,21);1H. The van der Waals surface area contributed by atoms with Crippen molar-refractivity contribution in [2.45, 2.75) is 72.9 Å². The molecule has 0 bridgehead atoms. The highest BCUT2D eigenvalue weighted by molar-refractivity contribution is 14.0. The number of rotatable bonds is 4. The predicted octanol–water partition coefficient (Wildman–Crippen LogP) is 3.81. The predicted molar refractivity (Wildman–Crippen MR) is 115 cm³/mol. The van der Waals surface area contributed by atoms with Crippen LogP contribution in [0.5, 0.6) is 0 Å². The quantitative estimate of drug-likeness (QED) is 0.402. The SMILES string of the molecule is CCNC(=NCC1CCCN(C(C)C)C1)N1CC(C)(C)C1(C)C.I. The second-order valence-corrected chi connectivity index (χ2v) is 8.82. The Morgan fingerprint density at radius 3 is 2.42 bits per heavy atom. The molecule has 2 saturated heterocycles. The average Bonchev–Trinajstić information content (AvgIpc) is 2.49. The van der Waals surface area contributed by atoms with Gasteiger partial charge in [0.25, 0.3) is 0 Å². The Morgan fingerprint density at radius 1 is 1.25 bits per heavy atom. The molecule has 142 valence electrons. The van der Waals surface area contributed by atoms with Gasteiger partial charge in [-0.2, -0.15) is 0 Å². The fraction of sp³-hybridized carbons (Fsp3) is 0.947. The summed E-state index contributed by atoms with van der Waals surface area (Å²) < 4.78 is 0. The van der Waals surface area contributed by atoms with Gasteiger partial charge >= 0.3 is 0 Å². The molecule has 0 saturated carbocycles. The lowest BCUT2D eigenvalue weighted by molar-refractivity contribution is -0.0668. The van der Waals surface area contributed by atoms with Crippen molar-refractivity contribution < 1.29 is 0 Å². The highest BCUT2D eigenvalue weighted by atomic mass is 127. The van der Waals surface area contributed by atoms with Crippen LogP contribution in [0, 0.1) is 11.3 Å². The second kappa shape index (κ2) is 8.56. The maximum absolute atomic E-state index is 5.02. The first kappa shape index (κ1) is 22.0. The van der Waals surface area contributed by atoms with E-state index in [1.807, 2.05) is 0 Å². The van der Waals surface area contributed by atoms with Gasteiger partial charge in [0.15, 0.2) is 5.96 Å². The number of guanidine groups is 1. The molecule has 2 aliphatic rings. The Bertz CT molecular complexity index is 431. The molecule has 1 N–H and O–H groups in total. The molecule has 4 nitrogen and oxygen atoms in total. The normalized spacial score (nSPS) is 26.8. The molecule has 2 heterocycles. The zero-order chi connectivity index (χ0) is 17.3. The van der Waals surface area contributed by atoms with Crippen molar-refractivity contribution in [2.24, 2.45) is 16.3 Å². The number of likely N-dealkylation sites (tertiary alicyclic amines) is 2. The number of halogens is 1. The lowest BCUT2D eigenvalue weighted by Crippen LogP contribution is -2.72. The van der Waals surface area contributed by atoms with Crippen molar-refractivity contribution in [3.63, 3.8) is 0 Å². The van der Waals surface area contributed by atoms with Crippen LogP contribution in [0.1, 0.15) is 61.3 Å². The Balaban J connectivity index is 0.00000288. The van der Waals surface area contributed by atoms with E-state index in [1.54, 1.807) is 0 Å². The third-order valence-electron chi connectivity index (χ3n) is 6.25. The highest BCUT2D eigenvalue weighted by Crippen LogP contribution is 2.46. The van der Waals surface area contributed by atoms with Crippen LogP contribution in [-0.4, -0.2) is 60.1 Å². The second-order valence-electron chi connectivity index (χ2n) is 8.82. The van der Waals surface area contributed by atoms with Crippen LogP contribution in [0.3, 0.4) is 0 Å². The van der Waals surface area contributed by atoms with Crippen LogP contribution in [-0.2, 0) is 0 Å². The van der Waals surface area contributed by atoms with E-state index in [1.165, 1.54) is 25.9 Å². The van der Waals surface area contributed by atoms with E-state index < -0.39 is 0 Å². The summed E-state index contributed by atoms with van der Waals surface area (Å²) in [5, 5.41) is 3.51. The van der Waals surface area contributed by atoms with Gasteiger partial charge in [-0.3, -0.25) is 4.99 Å². The minimum atomic E-state index is 0. The van der Waals surface area contributed by atoms with Crippen LogP contribution in [0.2, 0.25) is 0 Å². The van der Waals surface area contributed by atoms with E-state index in [-0.39, 0.29) is 29.5 Å². The Kier molecular flexibility index (Phi) is 7.85. The maximum atomic E-state index is 5.02. The van der Waals surface area contributed by atoms with Gasteiger partial charge in [-0.1, -0.05) is 13.8 Å². The summed E-state index contributed by atoms with van der Waals surface area (Å²) in [5.74, 6) is 1.82. The lowest BCUT2D eigenvalue weighted by atomic mass is 9.65. The van der Waals surface area contributed by atoms with Crippen molar-refractivity contribution in [2.75, 3.05) is 32.7 Å². The number of hydrogen-bond donors (Lipinski definition) is 1. The smallest absolute Gasteiger partial charge is 0.194 e. The molecule has 2 rings (SSSR count). The van der Waals surface area contributed by atoms with Crippen LogP contribution in [0.25, 0.3) is 0 Å². The minimum absolute atomic E-state index is 0. The monoisotopic (exact) mass is 450 g/mol.